The number of piperidine rings is 1. The van der Waals surface area contributed by atoms with Crippen LogP contribution in [0.5, 0.6) is 0 Å². The predicted octanol–water partition coefficient (Wildman–Crippen LogP) is 3.77. The van der Waals surface area contributed by atoms with E-state index in [4.69, 9.17) is 0 Å². The molecule has 1 N–H and O–H groups in total. The molecule has 0 saturated carbocycles. The second kappa shape index (κ2) is 8.26. The molecule has 2 nitrogen and oxygen atoms in total. The molecule has 1 aliphatic heterocycles. The number of nitrogens with zero attached hydrogens (tertiary/aromatic N) is 1. The quantitative estimate of drug-likeness (QED) is 0.674. The zero-order valence-electron chi connectivity index (χ0n) is 14.0. The van der Waals surface area contributed by atoms with Gasteiger partial charge in [0.1, 0.15) is 0 Å². The molecule has 0 aliphatic carbocycles. The van der Waals surface area contributed by atoms with Crippen molar-refractivity contribution in [2.24, 2.45) is 17.3 Å². The lowest BCUT2D eigenvalue weighted by Crippen LogP contribution is -2.45. The van der Waals surface area contributed by atoms with Gasteiger partial charge in [-0.2, -0.15) is 0 Å². The van der Waals surface area contributed by atoms with Crippen molar-refractivity contribution < 1.29 is 0 Å². The van der Waals surface area contributed by atoms with Crippen LogP contribution in [0.15, 0.2) is 0 Å². The molecule has 0 aromatic rings. The summed E-state index contributed by atoms with van der Waals surface area (Å²) in [7, 11) is 0. The summed E-state index contributed by atoms with van der Waals surface area (Å²) in [6.07, 6.45) is 5.31. The van der Waals surface area contributed by atoms with Crippen molar-refractivity contribution in [1.29, 1.82) is 0 Å². The highest BCUT2D eigenvalue weighted by Crippen LogP contribution is 2.28. The van der Waals surface area contributed by atoms with E-state index in [2.05, 4.69) is 44.8 Å². The van der Waals surface area contributed by atoms with E-state index in [0.29, 0.717) is 5.41 Å². The number of hydrogen-bond donors (Lipinski definition) is 1. The molecule has 0 aromatic carbocycles. The Morgan fingerprint density at radius 3 is 2.32 bits per heavy atom. The molecule has 1 unspecified atom stereocenters. The predicted molar refractivity (Wildman–Crippen MR) is 85.6 cm³/mol. The molecule has 1 rings (SSSR count). The standard InChI is InChI=1S/C17H36N2/c1-6-10-18-13-17(5,7-2)14-19-11-8-16(9-12-19)15(3)4/h15-16,18H,6-14H2,1-5H3. The molecular weight excluding hydrogens is 232 g/mol. The van der Waals surface area contributed by atoms with Crippen LogP contribution in [0.4, 0.5) is 0 Å². The molecule has 1 atom stereocenters. The normalized spacial score (nSPS) is 21.8. The molecule has 1 saturated heterocycles. The average molecular weight is 268 g/mol. The molecule has 0 spiro atoms. The average Bonchev–Trinajstić information content (AvgIpc) is 2.39. The number of rotatable bonds is 8. The number of hydrogen-bond acceptors (Lipinski definition) is 2. The van der Waals surface area contributed by atoms with E-state index in [1.54, 1.807) is 0 Å². The van der Waals surface area contributed by atoms with E-state index in [1.165, 1.54) is 51.9 Å². The van der Waals surface area contributed by atoms with Crippen molar-refractivity contribution in [3.63, 3.8) is 0 Å². The van der Waals surface area contributed by atoms with Gasteiger partial charge in [-0.25, -0.2) is 0 Å². The van der Waals surface area contributed by atoms with Crippen molar-refractivity contribution in [3.05, 3.63) is 0 Å². The van der Waals surface area contributed by atoms with Crippen LogP contribution in [0.3, 0.4) is 0 Å². The first-order valence-electron chi connectivity index (χ1n) is 8.44. The van der Waals surface area contributed by atoms with E-state index in [1.807, 2.05) is 0 Å². The molecular formula is C17H36N2. The lowest BCUT2D eigenvalue weighted by atomic mass is 9.83. The molecule has 1 aliphatic rings. The number of likely N-dealkylation sites (tertiary alicyclic amines) is 1. The van der Waals surface area contributed by atoms with E-state index in [9.17, 15) is 0 Å². The Morgan fingerprint density at radius 2 is 1.84 bits per heavy atom. The Morgan fingerprint density at radius 1 is 1.21 bits per heavy atom. The second-order valence-electron chi connectivity index (χ2n) is 7.20. The molecule has 0 amide bonds. The Bertz CT molecular complexity index is 231. The Balaban J connectivity index is 2.35. The summed E-state index contributed by atoms with van der Waals surface area (Å²) in [5.74, 6) is 1.83. The van der Waals surface area contributed by atoms with Gasteiger partial charge in [-0.1, -0.05) is 34.6 Å². The summed E-state index contributed by atoms with van der Waals surface area (Å²) in [5, 5.41) is 3.62. The highest BCUT2D eigenvalue weighted by atomic mass is 15.1. The minimum atomic E-state index is 0.444. The zero-order valence-corrected chi connectivity index (χ0v) is 14.0. The highest BCUT2D eigenvalue weighted by Gasteiger charge is 2.28. The van der Waals surface area contributed by atoms with Crippen molar-refractivity contribution in [2.75, 3.05) is 32.7 Å². The van der Waals surface area contributed by atoms with Gasteiger partial charge in [0.05, 0.1) is 0 Å². The van der Waals surface area contributed by atoms with E-state index in [0.717, 1.165) is 18.4 Å². The van der Waals surface area contributed by atoms with E-state index >= 15 is 0 Å². The molecule has 0 aromatic heterocycles. The van der Waals surface area contributed by atoms with Gasteiger partial charge < -0.3 is 10.2 Å². The van der Waals surface area contributed by atoms with Gasteiger partial charge in [-0.15, -0.1) is 0 Å². The van der Waals surface area contributed by atoms with Crippen molar-refractivity contribution in [3.8, 4) is 0 Å². The van der Waals surface area contributed by atoms with Crippen LogP contribution in [0, 0.1) is 17.3 Å². The first-order valence-corrected chi connectivity index (χ1v) is 8.44. The minimum Gasteiger partial charge on any atom is -0.316 e. The van der Waals surface area contributed by atoms with Gasteiger partial charge in [0.25, 0.3) is 0 Å². The second-order valence-corrected chi connectivity index (χ2v) is 7.20. The molecule has 1 heterocycles. The first-order chi connectivity index (χ1) is 9.00. The zero-order chi connectivity index (χ0) is 14.3. The Labute approximate surface area is 121 Å². The van der Waals surface area contributed by atoms with Gasteiger partial charge in [0.15, 0.2) is 0 Å². The van der Waals surface area contributed by atoms with Crippen molar-refractivity contribution in [1.82, 2.24) is 10.2 Å². The number of nitrogens with one attached hydrogen (secondary N) is 1. The van der Waals surface area contributed by atoms with E-state index in [-0.39, 0.29) is 0 Å². The van der Waals surface area contributed by atoms with Crippen molar-refractivity contribution >= 4 is 0 Å². The fourth-order valence-corrected chi connectivity index (χ4v) is 3.18. The third-order valence-corrected chi connectivity index (χ3v) is 5.01. The molecule has 19 heavy (non-hydrogen) atoms. The monoisotopic (exact) mass is 268 g/mol. The SMILES string of the molecule is CCCNCC(C)(CC)CN1CCC(C(C)C)CC1. The van der Waals surface area contributed by atoms with Crippen LogP contribution >= 0.6 is 0 Å². The minimum absolute atomic E-state index is 0.444. The maximum Gasteiger partial charge on any atom is 0.00474 e. The maximum absolute atomic E-state index is 3.62. The van der Waals surface area contributed by atoms with Gasteiger partial charge in [-0.05, 0) is 62.6 Å². The maximum atomic E-state index is 3.62. The summed E-state index contributed by atoms with van der Waals surface area (Å²) < 4.78 is 0. The van der Waals surface area contributed by atoms with E-state index < -0.39 is 0 Å². The van der Waals surface area contributed by atoms with Crippen LogP contribution in [0.2, 0.25) is 0 Å². The van der Waals surface area contributed by atoms with Crippen LogP contribution in [-0.2, 0) is 0 Å². The summed E-state index contributed by atoms with van der Waals surface area (Å²) >= 11 is 0. The van der Waals surface area contributed by atoms with Crippen LogP contribution in [-0.4, -0.2) is 37.6 Å². The lowest BCUT2D eigenvalue weighted by Gasteiger charge is -2.40. The first kappa shape index (κ1) is 17.0. The van der Waals surface area contributed by atoms with Gasteiger partial charge in [0, 0.05) is 13.1 Å². The van der Waals surface area contributed by atoms with Gasteiger partial charge >= 0.3 is 0 Å². The van der Waals surface area contributed by atoms with Crippen molar-refractivity contribution in [2.45, 2.75) is 60.3 Å². The van der Waals surface area contributed by atoms with Crippen LogP contribution < -0.4 is 5.32 Å². The summed E-state index contributed by atoms with van der Waals surface area (Å²) in [5.41, 5.74) is 0.444. The summed E-state index contributed by atoms with van der Waals surface area (Å²) in [6.45, 7) is 18.0. The van der Waals surface area contributed by atoms with Gasteiger partial charge in [0.2, 0.25) is 0 Å². The third kappa shape index (κ3) is 5.83. The van der Waals surface area contributed by atoms with Crippen LogP contribution in [0.25, 0.3) is 0 Å². The molecule has 2 heteroatoms. The third-order valence-electron chi connectivity index (χ3n) is 5.01. The largest absolute Gasteiger partial charge is 0.316 e. The fourth-order valence-electron chi connectivity index (χ4n) is 3.18. The topological polar surface area (TPSA) is 15.3 Å². The highest BCUT2D eigenvalue weighted by molar-refractivity contribution is 4.83. The molecule has 0 radical (unpaired) electrons. The molecule has 0 bridgehead atoms. The van der Waals surface area contributed by atoms with Crippen LogP contribution in [0.1, 0.15) is 60.3 Å². The Kier molecular flexibility index (Phi) is 7.38. The fraction of sp³-hybridized carbons (Fsp3) is 1.00. The summed E-state index contributed by atoms with van der Waals surface area (Å²) in [4.78, 5) is 2.70. The summed E-state index contributed by atoms with van der Waals surface area (Å²) in [6, 6.07) is 0. The smallest absolute Gasteiger partial charge is 0.00474 e. The van der Waals surface area contributed by atoms with Gasteiger partial charge in [-0.3, -0.25) is 0 Å². The Hall–Kier alpha value is -0.0800. The molecule has 114 valence electrons. The lowest BCUT2D eigenvalue weighted by molar-refractivity contribution is 0.102. The molecule has 1 fully saturated rings.